The number of fused-ring (bicyclic) bond motifs is 1. The quantitative estimate of drug-likeness (QED) is 0.577. The van der Waals surface area contributed by atoms with Crippen LogP contribution in [0.5, 0.6) is 0 Å². The van der Waals surface area contributed by atoms with Gasteiger partial charge in [-0.25, -0.2) is 4.39 Å². The number of pyridine rings is 1. The summed E-state index contributed by atoms with van der Waals surface area (Å²) >= 11 is 0. The zero-order valence-electron chi connectivity index (χ0n) is 16.6. The molecule has 0 spiro atoms. The molecule has 1 aliphatic carbocycles. The normalized spacial score (nSPS) is 13.7. The zero-order valence-corrected chi connectivity index (χ0v) is 17.4. The van der Waals surface area contributed by atoms with Gasteiger partial charge in [-0.1, -0.05) is 36.4 Å². The van der Waals surface area contributed by atoms with Crippen molar-refractivity contribution in [1.82, 2.24) is 10.3 Å². The third-order valence-electron chi connectivity index (χ3n) is 5.14. The fourth-order valence-corrected chi connectivity index (χ4v) is 3.63. The minimum atomic E-state index is -0.285. The van der Waals surface area contributed by atoms with Gasteiger partial charge < -0.3 is 5.32 Å². The fourth-order valence-electron chi connectivity index (χ4n) is 3.63. The van der Waals surface area contributed by atoms with E-state index in [9.17, 15) is 9.18 Å². The molecule has 30 heavy (non-hydrogen) atoms. The predicted molar refractivity (Wildman–Crippen MR) is 121 cm³/mol. The maximum Gasteiger partial charge on any atom is 0.224 e. The van der Waals surface area contributed by atoms with Crippen LogP contribution < -0.4 is 5.32 Å². The molecule has 1 amide bonds. The van der Waals surface area contributed by atoms with E-state index in [4.69, 9.17) is 0 Å². The van der Waals surface area contributed by atoms with Gasteiger partial charge in [-0.05, 0) is 76.2 Å². The molecule has 5 heteroatoms. The number of nitrogens with one attached hydrogen (secondary N) is 1. The Bertz CT molecular complexity index is 1110. The number of hydrogen-bond donors (Lipinski definition) is 1. The molecule has 4 rings (SSSR count). The number of rotatable bonds is 5. The number of nitrogens with zero attached hydrogens (tertiary/aromatic N) is 1. The highest BCUT2D eigenvalue weighted by atomic mass is 35.5. The number of aromatic nitrogens is 1. The Labute approximate surface area is 181 Å². The van der Waals surface area contributed by atoms with E-state index in [0.717, 1.165) is 39.0 Å². The minimum Gasteiger partial charge on any atom is -0.352 e. The summed E-state index contributed by atoms with van der Waals surface area (Å²) < 4.78 is 14.0. The molecule has 0 fully saturated rings. The zero-order chi connectivity index (χ0) is 20.2. The van der Waals surface area contributed by atoms with Crippen molar-refractivity contribution in [3.8, 4) is 0 Å². The van der Waals surface area contributed by atoms with Crippen LogP contribution in [0.1, 0.15) is 35.6 Å². The molecule has 0 saturated heterocycles. The van der Waals surface area contributed by atoms with Crippen LogP contribution in [0, 0.1) is 5.82 Å². The lowest BCUT2D eigenvalue weighted by Crippen LogP contribution is -2.22. The van der Waals surface area contributed by atoms with E-state index in [0.29, 0.717) is 6.54 Å². The van der Waals surface area contributed by atoms with Crippen LogP contribution in [-0.4, -0.2) is 10.9 Å². The van der Waals surface area contributed by atoms with Crippen LogP contribution in [0.15, 0.2) is 78.6 Å². The first kappa shape index (κ1) is 21.5. The van der Waals surface area contributed by atoms with Gasteiger partial charge in [-0.3, -0.25) is 9.78 Å². The van der Waals surface area contributed by atoms with Gasteiger partial charge in [-0.15, -0.1) is 12.4 Å². The average Bonchev–Trinajstić information content (AvgIpc) is 2.99. The van der Waals surface area contributed by atoms with Crippen molar-refractivity contribution in [2.45, 2.75) is 19.9 Å². The van der Waals surface area contributed by atoms with E-state index >= 15 is 0 Å². The first-order valence-corrected chi connectivity index (χ1v) is 9.54. The molecular weight excluding hydrogens is 399 g/mol. The topological polar surface area (TPSA) is 42.0 Å². The Morgan fingerprint density at radius 1 is 1.03 bits per heavy atom. The first-order valence-electron chi connectivity index (χ1n) is 9.54. The molecular formula is C25H22ClFN2O. The van der Waals surface area contributed by atoms with Crippen molar-refractivity contribution in [1.29, 1.82) is 0 Å². The predicted octanol–water partition coefficient (Wildman–Crippen LogP) is 5.68. The van der Waals surface area contributed by atoms with Gasteiger partial charge in [-0.2, -0.15) is 0 Å². The number of amides is 1. The Morgan fingerprint density at radius 2 is 1.77 bits per heavy atom. The summed E-state index contributed by atoms with van der Waals surface area (Å²) in [4.78, 5) is 16.7. The molecule has 0 unspecified atom stereocenters. The van der Waals surface area contributed by atoms with E-state index < -0.39 is 0 Å². The monoisotopic (exact) mass is 420 g/mol. The van der Waals surface area contributed by atoms with Gasteiger partial charge in [0.2, 0.25) is 5.91 Å². The van der Waals surface area contributed by atoms with Gasteiger partial charge in [0.05, 0.1) is 6.42 Å². The van der Waals surface area contributed by atoms with E-state index in [2.05, 4.69) is 10.3 Å². The van der Waals surface area contributed by atoms with Crippen molar-refractivity contribution in [2.24, 2.45) is 0 Å². The summed E-state index contributed by atoms with van der Waals surface area (Å²) in [5, 5.41) is 2.98. The average molecular weight is 421 g/mol. The highest BCUT2D eigenvalue weighted by Gasteiger charge is 2.25. The highest BCUT2D eigenvalue weighted by Crippen LogP contribution is 2.43. The maximum absolute atomic E-state index is 14.0. The molecule has 0 saturated carbocycles. The summed E-state index contributed by atoms with van der Waals surface area (Å²) in [6.07, 6.45) is 5.73. The lowest BCUT2D eigenvalue weighted by Gasteiger charge is -2.08. The van der Waals surface area contributed by atoms with Crippen molar-refractivity contribution >= 4 is 35.5 Å². The highest BCUT2D eigenvalue weighted by molar-refractivity contribution is 6.08. The molecule has 0 radical (unpaired) electrons. The Balaban J connectivity index is 0.00000256. The first-order chi connectivity index (χ1) is 14.1. The second kappa shape index (κ2) is 9.51. The van der Waals surface area contributed by atoms with E-state index in [-0.39, 0.29) is 30.6 Å². The maximum atomic E-state index is 14.0. The van der Waals surface area contributed by atoms with Gasteiger partial charge >= 0.3 is 0 Å². The molecule has 1 aromatic heterocycles. The molecule has 152 valence electrons. The van der Waals surface area contributed by atoms with Crippen molar-refractivity contribution in [2.75, 3.05) is 0 Å². The van der Waals surface area contributed by atoms with Crippen LogP contribution in [0.25, 0.3) is 17.2 Å². The lowest BCUT2D eigenvalue weighted by molar-refractivity contribution is -0.120. The SMILES string of the molecule is CC1=C(CC(=O)NCc2ccccc2)c2ccc(F)cc2/C1=C\c1ccncc1.Cl. The van der Waals surface area contributed by atoms with E-state index in [1.165, 1.54) is 6.07 Å². The van der Waals surface area contributed by atoms with Gasteiger partial charge in [0.15, 0.2) is 0 Å². The summed E-state index contributed by atoms with van der Waals surface area (Å²) in [6.45, 7) is 2.48. The van der Waals surface area contributed by atoms with Gasteiger partial charge in [0.1, 0.15) is 5.82 Å². The number of benzene rings is 2. The molecule has 0 atom stereocenters. The smallest absolute Gasteiger partial charge is 0.224 e. The number of carbonyl (C=O) groups is 1. The van der Waals surface area contributed by atoms with Crippen LogP contribution in [-0.2, 0) is 11.3 Å². The molecule has 2 aromatic carbocycles. The number of halogens is 2. The molecule has 1 aliphatic rings. The fraction of sp³-hybridized carbons (Fsp3) is 0.120. The van der Waals surface area contributed by atoms with Crippen LogP contribution in [0.4, 0.5) is 4.39 Å². The molecule has 0 aliphatic heterocycles. The summed E-state index contributed by atoms with van der Waals surface area (Å²) in [5.74, 6) is -0.337. The Kier molecular flexibility index (Phi) is 6.80. The van der Waals surface area contributed by atoms with Gasteiger partial charge in [0.25, 0.3) is 0 Å². The number of hydrogen-bond acceptors (Lipinski definition) is 2. The van der Waals surface area contributed by atoms with Crippen LogP contribution in [0.3, 0.4) is 0 Å². The minimum absolute atomic E-state index is 0. The lowest BCUT2D eigenvalue weighted by atomic mass is 10.0. The van der Waals surface area contributed by atoms with Crippen LogP contribution >= 0.6 is 12.4 Å². The van der Waals surface area contributed by atoms with Gasteiger partial charge in [0, 0.05) is 18.9 Å². The summed E-state index contributed by atoms with van der Waals surface area (Å²) in [7, 11) is 0. The molecule has 3 aromatic rings. The Morgan fingerprint density at radius 3 is 2.50 bits per heavy atom. The van der Waals surface area contributed by atoms with Crippen molar-refractivity contribution in [3.05, 3.63) is 107 Å². The second-order valence-electron chi connectivity index (χ2n) is 7.07. The third kappa shape index (κ3) is 4.66. The molecule has 3 nitrogen and oxygen atoms in total. The molecule has 1 N–H and O–H groups in total. The summed E-state index contributed by atoms with van der Waals surface area (Å²) in [6, 6.07) is 18.4. The third-order valence-corrected chi connectivity index (χ3v) is 5.14. The van der Waals surface area contributed by atoms with Crippen molar-refractivity contribution < 1.29 is 9.18 Å². The second-order valence-corrected chi connectivity index (χ2v) is 7.07. The molecule has 0 bridgehead atoms. The number of allylic oxidation sites excluding steroid dienone is 2. The Hall–Kier alpha value is -3.24. The van der Waals surface area contributed by atoms with E-state index in [1.807, 2.05) is 55.5 Å². The summed E-state index contributed by atoms with van der Waals surface area (Å²) in [5.41, 5.74) is 6.65. The largest absolute Gasteiger partial charge is 0.352 e. The number of carbonyl (C=O) groups excluding carboxylic acids is 1. The van der Waals surface area contributed by atoms with E-state index in [1.54, 1.807) is 24.5 Å². The molecule has 1 heterocycles. The van der Waals surface area contributed by atoms with Crippen LogP contribution in [0.2, 0.25) is 0 Å². The standard InChI is InChI=1S/C25H21FN2O.ClH/c1-17-22(13-18-9-11-27-12-10-18)24-14-20(26)7-8-21(24)23(17)15-25(29)28-16-19-5-3-2-4-6-19;/h2-14H,15-16H2,1H3,(H,28,29);1H/b22-13-;. The van der Waals surface area contributed by atoms with Crippen molar-refractivity contribution in [3.63, 3.8) is 0 Å².